The van der Waals surface area contributed by atoms with E-state index in [9.17, 15) is 9.59 Å². The standard InChI is InChI=1S/C15H24N4O2S/c1-10-6-12(18(5)17-10)16-14(21)11-8-22-9-19(11)13(20)7-15(2,3)4/h6,11H,7-9H2,1-5H3,(H,16,21)/t11-/m0/s1. The molecule has 0 aromatic carbocycles. The maximum atomic E-state index is 12.5. The molecule has 0 aliphatic carbocycles. The average molecular weight is 324 g/mol. The third-order valence-electron chi connectivity index (χ3n) is 3.44. The molecule has 6 nitrogen and oxygen atoms in total. The van der Waals surface area contributed by atoms with Crippen molar-refractivity contribution in [1.82, 2.24) is 14.7 Å². The summed E-state index contributed by atoms with van der Waals surface area (Å²) < 4.78 is 1.64. The van der Waals surface area contributed by atoms with Gasteiger partial charge >= 0.3 is 0 Å². The molecule has 1 saturated heterocycles. The number of aryl methyl sites for hydroxylation is 2. The van der Waals surface area contributed by atoms with Crippen molar-refractivity contribution in [3.63, 3.8) is 0 Å². The van der Waals surface area contributed by atoms with E-state index in [0.717, 1.165) is 5.69 Å². The number of thioether (sulfide) groups is 1. The summed E-state index contributed by atoms with van der Waals surface area (Å²) in [5, 5.41) is 7.08. The van der Waals surface area contributed by atoms with Crippen molar-refractivity contribution in [1.29, 1.82) is 0 Å². The summed E-state index contributed by atoms with van der Waals surface area (Å²) in [6.07, 6.45) is 0.447. The zero-order valence-electron chi connectivity index (χ0n) is 13.8. The molecule has 0 unspecified atom stereocenters. The van der Waals surface area contributed by atoms with E-state index in [-0.39, 0.29) is 17.2 Å². The van der Waals surface area contributed by atoms with E-state index in [1.165, 1.54) is 0 Å². The number of aromatic nitrogens is 2. The molecule has 0 bridgehead atoms. The van der Waals surface area contributed by atoms with E-state index in [4.69, 9.17) is 0 Å². The average Bonchev–Trinajstić information content (AvgIpc) is 2.94. The second kappa shape index (κ2) is 6.32. The largest absolute Gasteiger partial charge is 0.321 e. The number of rotatable bonds is 3. The van der Waals surface area contributed by atoms with E-state index in [1.54, 1.807) is 28.4 Å². The van der Waals surface area contributed by atoms with Gasteiger partial charge in [0.1, 0.15) is 11.9 Å². The Kier molecular flexibility index (Phi) is 4.84. The van der Waals surface area contributed by atoms with Gasteiger partial charge in [-0.2, -0.15) is 5.10 Å². The topological polar surface area (TPSA) is 67.2 Å². The van der Waals surface area contributed by atoms with Gasteiger partial charge in [-0.3, -0.25) is 14.3 Å². The minimum Gasteiger partial charge on any atom is -0.321 e. The predicted molar refractivity (Wildman–Crippen MR) is 88.6 cm³/mol. The second-order valence-corrected chi connectivity index (χ2v) is 7.90. The van der Waals surface area contributed by atoms with E-state index < -0.39 is 6.04 Å². The van der Waals surface area contributed by atoms with Crippen LogP contribution in [0.3, 0.4) is 0 Å². The first-order valence-electron chi connectivity index (χ1n) is 7.36. The summed E-state index contributed by atoms with van der Waals surface area (Å²) >= 11 is 1.61. The fraction of sp³-hybridized carbons (Fsp3) is 0.667. The highest BCUT2D eigenvalue weighted by Gasteiger charge is 2.36. The van der Waals surface area contributed by atoms with E-state index in [2.05, 4.69) is 10.4 Å². The first kappa shape index (κ1) is 16.9. The molecule has 0 spiro atoms. The Labute approximate surface area is 135 Å². The fourth-order valence-electron chi connectivity index (χ4n) is 2.40. The molecule has 1 atom stereocenters. The molecule has 122 valence electrons. The molecule has 7 heteroatoms. The van der Waals surface area contributed by atoms with Crippen LogP contribution in [0.1, 0.15) is 32.9 Å². The lowest BCUT2D eigenvalue weighted by Crippen LogP contribution is -2.45. The summed E-state index contributed by atoms with van der Waals surface area (Å²) in [4.78, 5) is 26.6. The molecule has 1 fully saturated rings. The van der Waals surface area contributed by atoms with Crippen molar-refractivity contribution in [3.8, 4) is 0 Å². The third-order valence-corrected chi connectivity index (χ3v) is 4.45. The maximum absolute atomic E-state index is 12.5. The molecule has 1 aliphatic rings. The van der Waals surface area contributed by atoms with Gasteiger partial charge in [-0.15, -0.1) is 11.8 Å². The highest BCUT2D eigenvalue weighted by atomic mass is 32.2. The first-order chi connectivity index (χ1) is 10.2. The van der Waals surface area contributed by atoms with Gasteiger partial charge in [0.2, 0.25) is 11.8 Å². The van der Waals surface area contributed by atoms with Crippen molar-refractivity contribution < 1.29 is 9.59 Å². The van der Waals surface area contributed by atoms with Crippen LogP contribution in [0.5, 0.6) is 0 Å². The number of hydrogen-bond donors (Lipinski definition) is 1. The van der Waals surface area contributed by atoms with Crippen LogP contribution in [-0.4, -0.2) is 44.2 Å². The molecule has 1 aromatic rings. The SMILES string of the molecule is Cc1cc(NC(=O)[C@@H]2CSCN2C(=O)CC(C)(C)C)n(C)n1. The highest BCUT2D eigenvalue weighted by molar-refractivity contribution is 7.99. The van der Waals surface area contributed by atoms with Gasteiger partial charge in [-0.1, -0.05) is 20.8 Å². The molecule has 1 aromatic heterocycles. The number of anilines is 1. The van der Waals surface area contributed by atoms with Crippen molar-refractivity contribution in [2.45, 2.75) is 40.2 Å². The molecular weight excluding hydrogens is 300 g/mol. The highest BCUT2D eigenvalue weighted by Crippen LogP contribution is 2.27. The number of nitrogens with one attached hydrogen (secondary N) is 1. The van der Waals surface area contributed by atoms with Crippen LogP contribution in [0.2, 0.25) is 0 Å². The maximum Gasteiger partial charge on any atom is 0.249 e. The number of nitrogens with zero attached hydrogens (tertiary/aromatic N) is 3. The van der Waals surface area contributed by atoms with Gasteiger partial charge in [0.15, 0.2) is 0 Å². The van der Waals surface area contributed by atoms with Gasteiger partial charge in [-0.05, 0) is 12.3 Å². The van der Waals surface area contributed by atoms with E-state index >= 15 is 0 Å². The molecule has 0 saturated carbocycles. The normalized spacial score (nSPS) is 18.6. The summed E-state index contributed by atoms with van der Waals surface area (Å²) in [6, 6.07) is 1.41. The Balaban J connectivity index is 2.05. The second-order valence-electron chi connectivity index (χ2n) is 6.90. The van der Waals surface area contributed by atoms with Crippen LogP contribution in [0.25, 0.3) is 0 Å². The summed E-state index contributed by atoms with van der Waals surface area (Å²) in [7, 11) is 1.79. The molecule has 2 amide bonds. The van der Waals surface area contributed by atoms with Gasteiger partial charge in [0.05, 0.1) is 11.6 Å². The minimum atomic E-state index is -0.407. The number of carbonyl (C=O) groups excluding carboxylic acids is 2. The number of carbonyl (C=O) groups is 2. The van der Waals surface area contributed by atoms with Gasteiger partial charge in [0, 0.05) is 25.3 Å². The number of amides is 2. The van der Waals surface area contributed by atoms with Crippen molar-refractivity contribution in [3.05, 3.63) is 11.8 Å². The molecule has 1 N–H and O–H groups in total. The molecule has 0 radical (unpaired) electrons. The monoisotopic (exact) mass is 324 g/mol. The lowest BCUT2D eigenvalue weighted by atomic mass is 9.91. The molecule has 2 rings (SSSR count). The molecule has 1 aliphatic heterocycles. The van der Waals surface area contributed by atoms with Crippen molar-refractivity contribution >= 4 is 29.4 Å². The Bertz CT molecular complexity index is 577. The van der Waals surface area contributed by atoms with Gasteiger partial charge in [-0.25, -0.2) is 0 Å². The fourth-order valence-corrected chi connectivity index (χ4v) is 3.58. The molecule has 2 heterocycles. The van der Waals surface area contributed by atoms with E-state index in [1.807, 2.05) is 33.8 Å². The zero-order valence-corrected chi connectivity index (χ0v) is 14.7. The van der Waals surface area contributed by atoms with Crippen molar-refractivity contribution in [2.24, 2.45) is 12.5 Å². The first-order valence-corrected chi connectivity index (χ1v) is 8.51. The lowest BCUT2D eigenvalue weighted by molar-refractivity contribution is -0.137. The van der Waals surface area contributed by atoms with Gasteiger partial charge in [0.25, 0.3) is 0 Å². The van der Waals surface area contributed by atoms with Crippen LogP contribution in [0.15, 0.2) is 6.07 Å². The minimum absolute atomic E-state index is 0.0406. The van der Waals surface area contributed by atoms with Crippen LogP contribution in [-0.2, 0) is 16.6 Å². The quantitative estimate of drug-likeness (QED) is 0.923. The molecule has 22 heavy (non-hydrogen) atoms. The lowest BCUT2D eigenvalue weighted by Gasteiger charge is -2.26. The Morgan fingerprint density at radius 3 is 2.68 bits per heavy atom. The number of hydrogen-bond acceptors (Lipinski definition) is 4. The Hall–Kier alpha value is -1.50. The smallest absolute Gasteiger partial charge is 0.249 e. The van der Waals surface area contributed by atoms with Crippen LogP contribution in [0.4, 0.5) is 5.82 Å². The van der Waals surface area contributed by atoms with Crippen LogP contribution >= 0.6 is 11.8 Å². The predicted octanol–water partition coefficient (Wildman–Crippen LogP) is 2.00. The van der Waals surface area contributed by atoms with Crippen LogP contribution < -0.4 is 5.32 Å². The van der Waals surface area contributed by atoms with Crippen LogP contribution in [0, 0.1) is 12.3 Å². The zero-order chi connectivity index (χ0) is 16.5. The summed E-state index contributed by atoms with van der Waals surface area (Å²) in [5.74, 6) is 1.77. The molecular formula is C15H24N4O2S. The Morgan fingerprint density at radius 2 is 2.14 bits per heavy atom. The van der Waals surface area contributed by atoms with Gasteiger partial charge < -0.3 is 10.2 Å². The van der Waals surface area contributed by atoms with E-state index in [0.29, 0.717) is 23.9 Å². The summed E-state index contributed by atoms with van der Waals surface area (Å²) in [5.41, 5.74) is 0.768. The Morgan fingerprint density at radius 1 is 1.45 bits per heavy atom. The van der Waals surface area contributed by atoms with Crippen molar-refractivity contribution in [2.75, 3.05) is 16.9 Å². The third kappa shape index (κ3) is 4.03. The summed E-state index contributed by atoms with van der Waals surface area (Å²) in [6.45, 7) is 7.96.